The van der Waals surface area contributed by atoms with Crippen molar-refractivity contribution in [2.24, 2.45) is 0 Å². The van der Waals surface area contributed by atoms with Gasteiger partial charge in [-0.05, 0) is 29.8 Å². The Bertz CT molecular complexity index is 846. The molecule has 2 heterocycles. The molecule has 1 fully saturated rings. The average Bonchev–Trinajstić information content (AvgIpc) is 3.05. The zero-order valence-corrected chi connectivity index (χ0v) is 16.6. The topological polar surface area (TPSA) is 61.4 Å². The minimum Gasteiger partial charge on any atom is -0.353 e. The smallest absolute Gasteiger partial charge is 0.237 e. The fraction of sp³-hybridized carbons (Fsp3) is 0.333. The molecule has 1 saturated heterocycles. The van der Waals surface area contributed by atoms with Crippen LogP contribution in [-0.2, 0) is 22.7 Å². The van der Waals surface area contributed by atoms with Crippen molar-refractivity contribution in [2.45, 2.75) is 25.6 Å². The lowest BCUT2D eigenvalue weighted by atomic mass is 10.1. The van der Waals surface area contributed by atoms with E-state index in [1.165, 1.54) is 23.5 Å². The van der Waals surface area contributed by atoms with Gasteiger partial charge in [-0.15, -0.1) is 11.3 Å². The molecule has 2 amide bonds. The highest BCUT2D eigenvalue weighted by Crippen LogP contribution is 2.21. The summed E-state index contributed by atoms with van der Waals surface area (Å²) in [6.45, 7) is 1.79. The number of hydrogen-bond donors (Lipinski definition) is 2. The normalized spacial score (nSPS) is 17.6. The van der Waals surface area contributed by atoms with Crippen molar-refractivity contribution in [3.8, 4) is 0 Å². The molecule has 1 atom stereocenters. The van der Waals surface area contributed by atoms with E-state index in [1.807, 2.05) is 11.0 Å². The van der Waals surface area contributed by atoms with Crippen LogP contribution in [0.25, 0.3) is 0 Å². The molecular weight excluding hydrogens is 412 g/mol. The van der Waals surface area contributed by atoms with Gasteiger partial charge in [0.2, 0.25) is 11.8 Å². The summed E-state index contributed by atoms with van der Waals surface area (Å²) in [5.41, 5.74) is 0.699. The van der Waals surface area contributed by atoms with Crippen molar-refractivity contribution < 1.29 is 14.0 Å². The molecule has 0 radical (unpaired) electrons. The molecule has 3 rings (SSSR count). The fourth-order valence-electron chi connectivity index (χ4n) is 2.93. The van der Waals surface area contributed by atoms with Crippen molar-refractivity contribution in [3.05, 3.63) is 55.9 Å². The van der Waals surface area contributed by atoms with Crippen LogP contribution in [0.5, 0.6) is 0 Å². The predicted octanol–water partition coefficient (Wildman–Crippen LogP) is 3.20. The van der Waals surface area contributed by atoms with Crippen molar-refractivity contribution >= 4 is 46.4 Å². The number of amides is 2. The number of nitrogens with one attached hydrogen (secondary N) is 2. The first-order chi connectivity index (χ1) is 12.9. The van der Waals surface area contributed by atoms with Gasteiger partial charge in [0.15, 0.2) is 0 Å². The second kappa shape index (κ2) is 9.01. The molecule has 144 valence electrons. The molecule has 5 nitrogen and oxygen atoms in total. The summed E-state index contributed by atoms with van der Waals surface area (Å²) in [5.74, 6) is -0.932. The van der Waals surface area contributed by atoms with Gasteiger partial charge >= 0.3 is 0 Å². The number of rotatable bonds is 6. The van der Waals surface area contributed by atoms with Crippen LogP contribution in [0.2, 0.25) is 9.36 Å². The maximum atomic E-state index is 13.7. The van der Waals surface area contributed by atoms with E-state index < -0.39 is 11.9 Å². The van der Waals surface area contributed by atoms with Gasteiger partial charge in [-0.25, -0.2) is 4.39 Å². The van der Waals surface area contributed by atoms with E-state index >= 15 is 0 Å². The number of piperazine rings is 1. The van der Waals surface area contributed by atoms with E-state index in [0.717, 1.165) is 4.88 Å². The molecule has 27 heavy (non-hydrogen) atoms. The summed E-state index contributed by atoms with van der Waals surface area (Å²) >= 11 is 13.0. The molecule has 2 aromatic rings. The zero-order chi connectivity index (χ0) is 19.4. The Balaban J connectivity index is 1.62. The van der Waals surface area contributed by atoms with Crippen LogP contribution in [0.1, 0.15) is 16.9 Å². The van der Waals surface area contributed by atoms with Crippen LogP contribution < -0.4 is 10.6 Å². The minimum absolute atomic E-state index is 0.0288. The van der Waals surface area contributed by atoms with Gasteiger partial charge < -0.3 is 10.6 Å². The number of hydrogen-bond acceptors (Lipinski definition) is 4. The summed E-state index contributed by atoms with van der Waals surface area (Å²) in [7, 11) is 0. The molecule has 1 aliphatic rings. The molecule has 9 heteroatoms. The van der Waals surface area contributed by atoms with Crippen molar-refractivity contribution in [1.82, 2.24) is 15.5 Å². The first-order valence-corrected chi connectivity index (χ1v) is 9.96. The Morgan fingerprint density at radius 1 is 1.33 bits per heavy atom. The van der Waals surface area contributed by atoms with Gasteiger partial charge in [-0.1, -0.05) is 29.3 Å². The van der Waals surface area contributed by atoms with Crippen LogP contribution >= 0.6 is 34.5 Å². The van der Waals surface area contributed by atoms with Gasteiger partial charge in [0, 0.05) is 24.5 Å². The highest BCUT2D eigenvalue weighted by Gasteiger charge is 2.31. The molecule has 1 unspecified atom stereocenters. The molecule has 2 N–H and O–H groups in total. The lowest BCUT2D eigenvalue weighted by Gasteiger charge is -2.34. The largest absolute Gasteiger partial charge is 0.353 e. The van der Waals surface area contributed by atoms with Crippen LogP contribution in [0.15, 0.2) is 30.3 Å². The SMILES string of the molecule is O=C(CC1C(=O)NCCN1Cc1ccc(Cl)c(F)c1)NCc1ccc(Cl)s1. The van der Waals surface area contributed by atoms with E-state index in [-0.39, 0.29) is 23.3 Å². The van der Waals surface area contributed by atoms with Gasteiger partial charge in [0.25, 0.3) is 0 Å². The van der Waals surface area contributed by atoms with E-state index in [2.05, 4.69) is 10.6 Å². The van der Waals surface area contributed by atoms with Crippen LogP contribution in [0.4, 0.5) is 4.39 Å². The summed E-state index contributed by atoms with van der Waals surface area (Å²) in [5, 5.41) is 5.64. The van der Waals surface area contributed by atoms with Crippen LogP contribution in [-0.4, -0.2) is 35.8 Å². The third-order valence-electron chi connectivity index (χ3n) is 4.28. The summed E-state index contributed by atoms with van der Waals surface area (Å²) < 4.78 is 14.3. The van der Waals surface area contributed by atoms with Gasteiger partial charge in [-0.3, -0.25) is 14.5 Å². The lowest BCUT2D eigenvalue weighted by Crippen LogP contribution is -2.56. The highest BCUT2D eigenvalue weighted by molar-refractivity contribution is 7.16. The first kappa shape index (κ1) is 20.1. The molecule has 1 aliphatic heterocycles. The molecule has 0 spiro atoms. The second-order valence-corrected chi connectivity index (χ2v) is 8.42. The molecular formula is C18H18Cl2FN3O2S. The van der Waals surface area contributed by atoms with Gasteiger partial charge in [0.1, 0.15) is 5.82 Å². The number of carbonyl (C=O) groups excluding carboxylic acids is 2. The second-order valence-electron chi connectivity index (χ2n) is 6.21. The maximum absolute atomic E-state index is 13.7. The fourth-order valence-corrected chi connectivity index (χ4v) is 4.07. The monoisotopic (exact) mass is 429 g/mol. The molecule has 0 saturated carbocycles. The lowest BCUT2D eigenvalue weighted by molar-refractivity contribution is -0.134. The molecule has 1 aromatic carbocycles. The predicted molar refractivity (Wildman–Crippen MR) is 104 cm³/mol. The quantitative estimate of drug-likeness (QED) is 0.740. The maximum Gasteiger partial charge on any atom is 0.237 e. The van der Waals surface area contributed by atoms with Crippen molar-refractivity contribution in [1.29, 1.82) is 0 Å². The number of thiophene rings is 1. The Hall–Kier alpha value is -1.67. The minimum atomic E-state index is -0.607. The Morgan fingerprint density at radius 3 is 2.85 bits per heavy atom. The molecule has 1 aromatic heterocycles. The summed E-state index contributed by atoms with van der Waals surface area (Å²) in [6, 6.07) is 7.58. The van der Waals surface area contributed by atoms with E-state index in [1.54, 1.807) is 12.1 Å². The summed E-state index contributed by atoms with van der Waals surface area (Å²) in [4.78, 5) is 27.4. The number of nitrogens with zero attached hydrogens (tertiary/aromatic N) is 1. The molecule has 0 bridgehead atoms. The van der Waals surface area contributed by atoms with Crippen molar-refractivity contribution in [3.63, 3.8) is 0 Å². The highest BCUT2D eigenvalue weighted by atomic mass is 35.5. The first-order valence-electron chi connectivity index (χ1n) is 8.39. The number of carbonyl (C=O) groups is 2. The third kappa shape index (κ3) is 5.42. The Kier molecular flexibility index (Phi) is 6.70. The zero-order valence-electron chi connectivity index (χ0n) is 14.3. The van der Waals surface area contributed by atoms with Crippen LogP contribution in [0.3, 0.4) is 0 Å². The standard InChI is InChI=1S/C18H18Cl2FN3O2S/c19-13-3-1-11(7-14(13)21)10-24-6-5-22-18(26)15(24)8-17(25)23-9-12-2-4-16(20)27-12/h1-4,7,15H,5-6,8-10H2,(H,22,26)(H,23,25). The number of benzene rings is 1. The van der Waals surface area contributed by atoms with Crippen LogP contribution in [0, 0.1) is 5.82 Å². The van der Waals surface area contributed by atoms with Crippen molar-refractivity contribution in [2.75, 3.05) is 13.1 Å². The van der Waals surface area contributed by atoms with Gasteiger partial charge in [-0.2, -0.15) is 0 Å². The number of halogens is 3. The van der Waals surface area contributed by atoms with Gasteiger partial charge in [0.05, 0.1) is 28.4 Å². The Labute approximate surface area is 170 Å². The average molecular weight is 430 g/mol. The van der Waals surface area contributed by atoms with E-state index in [9.17, 15) is 14.0 Å². The van der Waals surface area contributed by atoms with E-state index in [0.29, 0.717) is 36.1 Å². The summed E-state index contributed by atoms with van der Waals surface area (Å²) in [6.07, 6.45) is 0.0288. The van der Waals surface area contributed by atoms with E-state index in [4.69, 9.17) is 23.2 Å². The third-order valence-corrected chi connectivity index (χ3v) is 5.82. The Morgan fingerprint density at radius 2 is 2.15 bits per heavy atom. The molecule has 0 aliphatic carbocycles.